The third kappa shape index (κ3) is 4.83. The van der Waals surface area contributed by atoms with Crippen LogP contribution in [0.2, 0.25) is 0 Å². The van der Waals surface area contributed by atoms with E-state index >= 15 is 0 Å². The molecule has 2 aromatic rings. The Bertz CT molecular complexity index is 666. The Kier molecular flexibility index (Phi) is 6.38. The molecular formula is C20H26N2O2. The van der Waals surface area contributed by atoms with Crippen molar-refractivity contribution < 1.29 is 9.53 Å². The largest absolute Gasteiger partial charge is 0.380 e. The Morgan fingerprint density at radius 2 is 1.79 bits per heavy atom. The van der Waals surface area contributed by atoms with Gasteiger partial charge >= 0.3 is 0 Å². The maximum Gasteiger partial charge on any atom is 0.251 e. The average Bonchev–Trinajstić information content (AvgIpc) is 2.56. The molecule has 0 aliphatic heterocycles. The van der Waals surface area contributed by atoms with Gasteiger partial charge in [-0.1, -0.05) is 30.3 Å². The van der Waals surface area contributed by atoms with Crippen molar-refractivity contribution in [2.45, 2.75) is 26.0 Å². The van der Waals surface area contributed by atoms with Crippen LogP contribution in [0, 0.1) is 0 Å². The van der Waals surface area contributed by atoms with Gasteiger partial charge in [-0.25, -0.2) is 0 Å². The molecule has 1 N–H and O–H groups in total. The number of nitrogens with zero attached hydrogens (tertiary/aromatic N) is 1. The standard InChI is InChI=1S/C20H26N2O2/c1-15(13-16-9-11-18(12-10-16)22(2)3)21-20(23)19-8-6-5-7-17(19)14-24-4/h5-12,15H,13-14H2,1-4H3,(H,21,23)/t15-/m1/s1. The Morgan fingerprint density at radius 3 is 2.42 bits per heavy atom. The van der Waals surface area contributed by atoms with Gasteiger partial charge in [0.15, 0.2) is 0 Å². The zero-order valence-electron chi connectivity index (χ0n) is 14.9. The number of hydrogen-bond donors (Lipinski definition) is 1. The lowest BCUT2D eigenvalue weighted by Gasteiger charge is -2.17. The minimum Gasteiger partial charge on any atom is -0.380 e. The number of ether oxygens (including phenoxy) is 1. The van der Waals surface area contributed by atoms with Gasteiger partial charge in [0.25, 0.3) is 5.91 Å². The highest BCUT2D eigenvalue weighted by Crippen LogP contribution is 2.14. The Balaban J connectivity index is 1.99. The van der Waals surface area contributed by atoms with Crippen molar-refractivity contribution in [2.75, 3.05) is 26.1 Å². The van der Waals surface area contributed by atoms with Crippen molar-refractivity contribution in [3.8, 4) is 0 Å². The van der Waals surface area contributed by atoms with Crippen LogP contribution in [-0.4, -0.2) is 33.2 Å². The molecule has 0 spiro atoms. The summed E-state index contributed by atoms with van der Waals surface area (Å²) in [5.41, 5.74) is 3.96. The summed E-state index contributed by atoms with van der Waals surface area (Å²) in [5, 5.41) is 3.08. The molecule has 1 amide bonds. The first kappa shape index (κ1) is 18.0. The smallest absolute Gasteiger partial charge is 0.251 e. The molecule has 0 aliphatic carbocycles. The minimum atomic E-state index is -0.0555. The lowest BCUT2D eigenvalue weighted by atomic mass is 10.0. The molecule has 0 bridgehead atoms. The molecule has 4 nitrogen and oxygen atoms in total. The predicted octanol–water partition coefficient (Wildman–Crippen LogP) is 3.26. The second-order valence-corrected chi connectivity index (χ2v) is 6.23. The lowest BCUT2D eigenvalue weighted by Crippen LogP contribution is -2.34. The van der Waals surface area contributed by atoms with Crippen LogP contribution in [0.15, 0.2) is 48.5 Å². The zero-order valence-corrected chi connectivity index (χ0v) is 14.9. The number of anilines is 1. The van der Waals surface area contributed by atoms with E-state index in [1.165, 1.54) is 11.3 Å². The molecule has 0 unspecified atom stereocenters. The highest BCUT2D eigenvalue weighted by Gasteiger charge is 2.13. The SMILES string of the molecule is COCc1ccccc1C(=O)N[C@H](C)Cc1ccc(N(C)C)cc1. The highest BCUT2D eigenvalue weighted by atomic mass is 16.5. The summed E-state index contributed by atoms with van der Waals surface area (Å²) < 4.78 is 5.17. The number of nitrogens with one attached hydrogen (secondary N) is 1. The van der Waals surface area contributed by atoms with Crippen molar-refractivity contribution in [1.29, 1.82) is 0 Å². The Labute approximate surface area is 144 Å². The third-order valence-electron chi connectivity index (χ3n) is 3.93. The molecule has 24 heavy (non-hydrogen) atoms. The highest BCUT2D eigenvalue weighted by molar-refractivity contribution is 5.95. The summed E-state index contributed by atoms with van der Waals surface area (Å²) in [6.07, 6.45) is 0.798. The lowest BCUT2D eigenvalue weighted by molar-refractivity contribution is 0.0935. The average molecular weight is 326 g/mol. The maximum absolute atomic E-state index is 12.5. The molecule has 0 heterocycles. The molecule has 2 aromatic carbocycles. The molecule has 0 saturated carbocycles. The molecule has 2 rings (SSSR count). The fraction of sp³-hybridized carbons (Fsp3) is 0.350. The van der Waals surface area contributed by atoms with E-state index in [-0.39, 0.29) is 11.9 Å². The molecule has 0 fully saturated rings. The van der Waals surface area contributed by atoms with E-state index in [2.05, 4.69) is 34.5 Å². The molecule has 0 aliphatic rings. The first-order chi connectivity index (χ1) is 11.5. The summed E-state index contributed by atoms with van der Waals surface area (Å²) in [7, 11) is 5.68. The summed E-state index contributed by atoms with van der Waals surface area (Å²) in [6.45, 7) is 2.46. The fourth-order valence-electron chi connectivity index (χ4n) is 2.66. The molecule has 0 aromatic heterocycles. The van der Waals surface area contributed by atoms with Gasteiger partial charge in [-0.2, -0.15) is 0 Å². The van der Waals surface area contributed by atoms with Crippen LogP contribution in [0.25, 0.3) is 0 Å². The first-order valence-electron chi connectivity index (χ1n) is 8.15. The Hall–Kier alpha value is -2.33. The van der Waals surface area contributed by atoms with Gasteiger partial charge in [-0.15, -0.1) is 0 Å². The number of amides is 1. The maximum atomic E-state index is 12.5. The van der Waals surface area contributed by atoms with Crippen LogP contribution in [-0.2, 0) is 17.8 Å². The zero-order chi connectivity index (χ0) is 17.5. The number of carbonyl (C=O) groups is 1. The van der Waals surface area contributed by atoms with Crippen LogP contribution < -0.4 is 10.2 Å². The second kappa shape index (κ2) is 8.50. The third-order valence-corrected chi connectivity index (χ3v) is 3.93. The van der Waals surface area contributed by atoms with E-state index in [4.69, 9.17) is 4.74 Å². The fourth-order valence-corrected chi connectivity index (χ4v) is 2.66. The summed E-state index contributed by atoms with van der Waals surface area (Å²) >= 11 is 0. The van der Waals surface area contributed by atoms with Gasteiger partial charge in [0.05, 0.1) is 6.61 Å². The van der Waals surface area contributed by atoms with Gasteiger partial charge in [-0.05, 0) is 42.7 Å². The number of hydrogen-bond acceptors (Lipinski definition) is 3. The van der Waals surface area contributed by atoms with Crippen molar-refractivity contribution in [3.63, 3.8) is 0 Å². The number of methoxy groups -OCH3 is 1. The summed E-state index contributed by atoms with van der Waals surface area (Å²) in [6, 6.07) is 16.0. The second-order valence-electron chi connectivity index (χ2n) is 6.23. The first-order valence-corrected chi connectivity index (χ1v) is 8.15. The van der Waals surface area contributed by atoms with Gasteiger partial charge < -0.3 is 15.0 Å². The number of carbonyl (C=O) groups excluding carboxylic acids is 1. The van der Waals surface area contributed by atoms with E-state index in [0.717, 1.165) is 12.0 Å². The van der Waals surface area contributed by atoms with E-state index in [0.29, 0.717) is 12.2 Å². The van der Waals surface area contributed by atoms with E-state index < -0.39 is 0 Å². The number of rotatable bonds is 7. The van der Waals surface area contributed by atoms with Crippen molar-refractivity contribution in [1.82, 2.24) is 5.32 Å². The molecular weight excluding hydrogens is 300 g/mol. The van der Waals surface area contributed by atoms with E-state index in [9.17, 15) is 4.79 Å². The van der Waals surface area contributed by atoms with Gasteiger partial charge in [-0.3, -0.25) is 4.79 Å². The van der Waals surface area contributed by atoms with Gasteiger partial charge in [0, 0.05) is 38.5 Å². The van der Waals surface area contributed by atoms with E-state index in [1.807, 2.05) is 45.3 Å². The van der Waals surface area contributed by atoms with Crippen LogP contribution in [0.1, 0.15) is 28.4 Å². The van der Waals surface area contributed by atoms with Crippen molar-refractivity contribution >= 4 is 11.6 Å². The summed E-state index contributed by atoms with van der Waals surface area (Å²) in [4.78, 5) is 14.6. The van der Waals surface area contributed by atoms with Crippen LogP contribution in [0.3, 0.4) is 0 Å². The monoisotopic (exact) mass is 326 g/mol. The van der Waals surface area contributed by atoms with Crippen LogP contribution in [0.5, 0.6) is 0 Å². The van der Waals surface area contributed by atoms with Crippen LogP contribution in [0.4, 0.5) is 5.69 Å². The topological polar surface area (TPSA) is 41.6 Å². The minimum absolute atomic E-state index is 0.0540. The van der Waals surface area contributed by atoms with Crippen molar-refractivity contribution in [2.24, 2.45) is 0 Å². The predicted molar refractivity (Wildman–Crippen MR) is 98.6 cm³/mol. The molecule has 128 valence electrons. The normalized spacial score (nSPS) is 11.8. The number of benzene rings is 2. The molecule has 4 heteroatoms. The summed E-state index contributed by atoms with van der Waals surface area (Å²) in [5.74, 6) is -0.0555. The van der Waals surface area contributed by atoms with Crippen molar-refractivity contribution in [3.05, 3.63) is 65.2 Å². The molecule has 1 atom stereocenters. The quantitative estimate of drug-likeness (QED) is 0.849. The van der Waals surface area contributed by atoms with E-state index in [1.54, 1.807) is 7.11 Å². The molecule has 0 radical (unpaired) electrons. The van der Waals surface area contributed by atoms with Gasteiger partial charge in [0.1, 0.15) is 0 Å². The molecule has 0 saturated heterocycles. The van der Waals surface area contributed by atoms with Crippen LogP contribution >= 0.6 is 0 Å². The van der Waals surface area contributed by atoms with Gasteiger partial charge in [0.2, 0.25) is 0 Å². The Morgan fingerprint density at radius 1 is 1.12 bits per heavy atom.